The van der Waals surface area contributed by atoms with Crippen molar-refractivity contribution in [2.45, 2.75) is 38.9 Å². The number of hydrogen-bond donors (Lipinski definition) is 1. The van der Waals surface area contributed by atoms with E-state index in [0.29, 0.717) is 11.5 Å². The summed E-state index contributed by atoms with van der Waals surface area (Å²) in [5, 5.41) is 3.38. The molecule has 1 aliphatic heterocycles. The Morgan fingerprint density at radius 1 is 1.12 bits per heavy atom. The molecule has 1 aromatic carbocycles. The summed E-state index contributed by atoms with van der Waals surface area (Å²) in [4.78, 5) is 2.16. The topological polar surface area (TPSA) is 15.3 Å². The Kier molecular flexibility index (Phi) is 10.7. The highest BCUT2D eigenvalue weighted by Crippen LogP contribution is 2.39. The lowest BCUT2D eigenvalue weighted by Gasteiger charge is -2.36. The van der Waals surface area contributed by atoms with Crippen LogP contribution < -0.4 is 5.32 Å². The van der Waals surface area contributed by atoms with Crippen LogP contribution in [0.1, 0.15) is 43.9 Å². The van der Waals surface area contributed by atoms with Gasteiger partial charge in [0.2, 0.25) is 0 Å². The molecule has 2 nitrogen and oxygen atoms in total. The normalized spacial score (nSPS) is 16.9. The highest BCUT2D eigenvalue weighted by atomic mass is 35.5. The van der Waals surface area contributed by atoms with Gasteiger partial charge in [-0.1, -0.05) is 31.5 Å². The van der Waals surface area contributed by atoms with Crippen LogP contribution in [-0.4, -0.2) is 31.1 Å². The van der Waals surface area contributed by atoms with E-state index in [1.165, 1.54) is 0 Å². The maximum absolute atomic E-state index is 13.5. The minimum Gasteiger partial charge on any atom is -0.314 e. The number of rotatable bonds is 5. The van der Waals surface area contributed by atoms with Crippen molar-refractivity contribution >= 4 is 36.4 Å². The SMILES string of the molecule is CC(C)CC[C@H](c1ccc(Cl)cc1C(F)(F)F)N1CCNCC1.Cl.Cl. The van der Waals surface area contributed by atoms with E-state index < -0.39 is 11.7 Å². The lowest BCUT2D eigenvalue weighted by molar-refractivity contribution is -0.138. The van der Waals surface area contributed by atoms with Gasteiger partial charge in [-0.15, -0.1) is 24.8 Å². The predicted octanol–water partition coefficient (Wildman–Crippen LogP) is 5.58. The molecule has 0 spiro atoms. The first-order chi connectivity index (χ1) is 10.8. The average Bonchev–Trinajstić information content (AvgIpc) is 2.48. The molecule has 25 heavy (non-hydrogen) atoms. The van der Waals surface area contributed by atoms with Crippen LogP contribution in [0.5, 0.6) is 0 Å². The van der Waals surface area contributed by atoms with E-state index >= 15 is 0 Å². The molecule has 0 unspecified atom stereocenters. The molecular formula is C17H26Cl3F3N2. The van der Waals surface area contributed by atoms with Gasteiger partial charge in [0, 0.05) is 37.2 Å². The van der Waals surface area contributed by atoms with Crippen molar-refractivity contribution in [1.82, 2.24) is 10.2 Å². The van der Waals surface area contributed by atoms with Crippen LogP contribution in [0, 0.1) is 5.92 Å². The van der Waals surface area contributed by atoms with E-state index in [1.807, 2.05) is 0 Å². The number of nitrogens with one attached hydrogen (secondary N) is 1. The maximum Gasteiger partial charge on any atom is 0.416 e. The van der Waals surface area contributed by atoms with E-state index in [2.05, 4.69) is 24.1 Å². The first kappa shape index (κ1) is 24.8. The third-order valence-corrected chi connectivity index (χ3v) is 4.52. The molecule has 0 bridgehead atoms. The van der Waals surface area contributed by atoms with Gasteiger partial charge >= 0.3 is 6.18 Å². The van der Waals surface area contributed by atoms with E-state index in [9.17, 15) is 13.2 Å². The van der Waals surface area contributed by atoms with Gasteiger partial charge in [-0.25, -0.2) is 0 Å². The zero-order valence-electron chi connectivity index (χ0n) is 14.4. The lowest BCUT2D eigenvalue weighted by atomic mass is 9.92. The third-order valence-electron chi connectivity index (χ3n) is 4.29. The second kappa shape index (κ2) is 10.8. The molecule has 0 saturated carbocycles. The average molecular weight is 422 g/mol. The van der Waals surface area contributed by atoms with E-state index in [4.69, 9.17) is 11.6 Å². The molecule has 0 amide bonds. The van der Waals surface area contributed by atoms with Gasteiger partial charge in [0.25, 0.3) is 0 Å². The second-order valence-electron chi connectivity index (χ2n) is 6.50. The number of piperazine rings is 1. The van der Waals surface area contributed by atoms with Crippen LogP contribution in [0.3, 0.4) is 0 Å². The zero-order valence-corrected chi connectivity index (χ0v) is 16.8. The van der Waals surface area contributed by atoms with E-state index in [0.717, 1.165) is 45.1 Å². The Bertz CT molecular complexity index is 518. The molecular weight excluding hydrogens is 396 g/mol. The number of hydrogen-bond acceptors (Lipinski definition) is 2. The molecule has 146 valence electrons. The quantitative estimate of drug-likeness (QED) is 0.667. The number of nitrogens with zero attached hydrogens (tertiary/aromatic N) is 1. The predicted molar refractivity (Wildman–Crippen MR) is 102 cm³/mol. The lowest BCUT2D eigenvalue weighted by Crippen LogP contribution is -2.45. The van der Waals surface area contributed by atoms with Crippen molar-refractivity contribution in [2.75, 3.05) is 26.2 Å². The van der Waals surface area contributed by atoms with E-state index in [-0.39, 0.29) is 35.9 Å². The summed E-state index contributed by atoms with van der Waals surface area (Å²) in [6, 6.07) is 3.96. The molecule has 1 aromatic rings. The van der Waals surface area contributed by atoms with Gasteiger partial charge in [-0.2, -0.15) is 13.2 Å². The van der Waals surface area contributed by atoms with Crippen LogP contribution in [0.15, 0.2) is 18.2 Å². The molecule has 0 radical (unpaired) electrons. The Balaban J connectivity index is 0.00000288. The molecule has 1 heterocycles. The van der Waals surface area contributed by atoms with Gasteiger partial charge in [0.05, 0.1) is 5.56 Å². The van der Waals surface area contributed by atoms with Crippen molar-refractivity contribution < 1.29 is 13.2 Å². The largest absolute Gasteiger partial charge is 0.416 e. The minimum absolute atomic E-state index is 0. The number of alkyl halides is 3. The fourth-order valence-corrected chi connectivity index (χ4v) is 3.26. The maximum atomic E-state index is 13.5. The summed E-state index contributed by atoms with van der Waals surface area (Å²) < 4.78 is 40.4. The van der Waals surface area contributed by atoms with Crippen molar-refractivity contribution in [3.63, 3.8) is 0 Å². The molecule has 8 heteroatoms. The van der Waals surface area contributed by atoms with Crippen molar-refractivity contribution in [1.29, 1.82) is 0 Å². The molecule has 1 saturated heterocycles. The van der Waals surface area contributed by atoms with Gasteiger partial charge in [0.1, 0.15) is 0 Å². The van der Waals surface area contributed by atoms with Crippen molar-refractivity contribution in [3.05, 3.63) is 34.3 Å². The molecule has 1 N–H and O–H groups in total. The standard InChI is InChI=1S/C17H24ClF3N2.2ClH/c1-12(2)3-6-16(23-9-7-22-8-10-23)14-5-4-13(18)11-15(14)17(19,20)21;;/h4-5,11-12,16,22H,3,6-10H2,1-2H3;2*1H/t16-;;/m1../s1. The van der Waals surface area contributed by atoms with Gasteiger partial charge in [-0.3, -0.25) is 4.90 Å². The van der Waals surface area contributed by atoms with Gasteiger partial charge < -0.3 is 5.32 Å². The van der Waals surface area contributed by atoms with E-state index in [1.54, 1.807) is 12.1 Å². The Labute approximate surface area is 165 Å². The van der Waals surface area contributed by atoms with Gasteiger partial charge in [-0.05, 0) is 36.5 Å². The summed E-state index contributed by atoms with van der Waals surface area (Å²) >= 11 is 5.82. The van der Waals surface area contributed by atoms with Crippen LogP contribution in [0.2, 0.25) is 5.02 Å². The zero-order chi connectivity index (χ0) is 17.0. The van der Waals surface area contributed by atoms with Crippen LogP contribution >= 0.6 is 36.4 Å². The Morgan fingerprint density at radius 3 is 2.24 bits per heavy atom. The monoisotopic (exact) mass is 420 g/mol. The Morgan fingerprint density at radius 2 is 1.72 bits per heavy atom. The molecule has 2 rings (SSSR count). The smallest absolute Gasteiger partial charge is 0.314 e. The second-order valence-corrected chi connectivity index (χ2v) is 6.94. The van der Waals surface area contributed by atoms with Gasteiger partial charge in [0.15, 0.2) is 0 Å². The molecule has 0 aliphatic carbocycles. The highest BCUT2D eigenvalue weighted by Gasteiger charge is 2.37. The summed E-state index contributed by atoms with van der Waals surface area (Å²) in [6.45, 7) is 7.36. The summed E-state index contributed by atoms with van der Waals surface area (Å²) in [7, 11) is 0. The summed E-state index contributed by atoms with van der Waals surface area (Å²) in [5.41, 5.74) is -0.248. The fourth-order valence-electron chi connectivity index (χ4n) is 3.08. The highest BCUT2D eigenvalue weighted by molar-refractivity contribution is 6.30. The van der Waals surface area contributed by atoms with Crippen molar-refractivity contribution in [3.8, 4) is 0 Å². The minimum atomic E-state index is -4.38. The first-order valence-corrected chi connectivity index (χ1v) is 8.48. The number of benzene rings is 1. The van der Waals surface area contributed by atoms with Crippen molar-refractivity contribution in [2.24, 2.45) is 5.92 Å². The van der Waals surface area contributed by atoms with Crippen LogP contribution in [0.25, 0.3) is 0 Å². The molecule has 1 fully saturated rings. The van der Waals surface area contributed by atoms with Crippen LogP contribution in [-0.2, 0) is 6.18 Å². The summed E-state index contributed by atoms with van der Waals surface area (Å²) in [5.74, 6) is 0.460. The third kappa shape index (κ3) is 7.14. The van der Waals surface area contributed by atoms with Crippen LogP contribution in [0.4, 0.5) is 13.2 Å². The Hall–Kier alpha value is -0.200. The molecule has 0 aromatic heterocycles. The molecule has 1 atom stereocenters. The summed E-state index contributed by atoms with van der Waals surface area (Å²) in [6.07, 6.45) is -2.76. The fraction of sp³-hybridized carbons (Fsp3) is 0.647. The first-order valence-electron chi connectivity index (χ1n) is 8.10. The molecule has 1 aliphatic rings. The number of halogens is 6.